The molecule has 3 aliphatic rings. The average Bonchev–Trinajstić information content (AvgIpc) is 3.08. The van der Waals surface area contributed by atoms with Crippen molar-refractivity contribution in [3.8, 4) is 0 Å². The van der Waals surface area contributed by atoms with Gasteiger partial charge in [0.2, 0.25) is 0 Å². The molecule has 0 heterocycles. The van der Waals surface area contributed by atoms with E-state index in [1.54, 1.807) is 0 Å². The second-order valence-corrected chi connectivity index (χ2v) is 12.6. The van der Waals surface area contributed by atoms with Crippen LogP contribution in [0.3, 0.4) is 0 Å². The molecule has 0 amide bonds. The molecule has 0 aliphatic heterocycles. The Labute approximate surface area is 142 Å². The maximum atomic E-state index is 13.0. The number of ketones is 1. The first-order valence-electron chi connectivity index (χ1n) is 8.33. The number of hydrogen-bond donors (Lipinski definition) is 0. The standard InChI is InChI=1S/C15H23F3O4S2/c1-23(13-5-3-2-4-12(13)19,22-24(20,21)15(16,17)18)14-8-6-11(10-14)7-9-14/h11,13H,2-10H2,1H3. The average molecular weight is 388 g/mol. The minimum Gasteiger partial charge on any atom is -0.298 e. The van der Waals surface area contributed by atoms with Crippen molar-refractivity contribution < 1.29 is 30.0 Å². The molecule has 3 aliphatic carbocycles. The number of fused-ring (bicyclic) bond motifs is 2. The summed E-state index contributed by atoms with van der Waals surface area (Å²) >= 11 is 0. The van der Waals surface area contributed by atoms with E-state index < -0.39 is 35.9 Å². The molecule has 0 saturated heterocycles. The van der Waals surface area contributed by atoms with E-state index in [4.69, 9.17) is 3.63 Å². The van der Waals surface area contributed by atoms with Gasteiger partial charge in [0.25, 0.3) is 0 Å². The van der Waals surface area contributed by atoms with Crippen LogP contribution in [0.1, 0.15) is 57.8 Å². The van der Waals surface area contributed by atoms with Gasteiger partial charge in [-0.25, -0.2) is 3.63 Å². The zero-order chi connectivity index (χ0) is 17.8. The number of rotatable bonds is 4. The minimum absolute atomic E-state index is 0.124. The van der Waals surface area contributed by atoms with Gasteiger partial charge in [0.15, 0.2) is 0 Å². The maximum Gasteiger partial charge on any atom is 0.523 e. The van der Waals surface area contributed by atoms with E-state index in [1.807, 2.05) is 0 Å². The Balaban J connectivity index is 2.03. The van der Waals surface area contributed by atoms with E-state index in [-0.39, 0.29) is 5.78 Å². The number of hydrogen-bond acceptors (Lipinski definition) is 4. The predicted molar refractivity (Wildman–Crippen MR) is 86.1 cm³/mol. The van der Waals surface area contributed by atoms with Crippen molar-refractivity contribution in [1.82, 2.24) is 0 Å². The molecule has 24 heavy (non-hydrogen) atoms. The first-order chi connectivity index (χ1) is 11.0. The van der Waals surface area contributed by atoms with Gasteiger partial charge in [0.05, 0.1) is 5.25 Å². The predicted octanol–water partition coefficient (Wildman–Crippen LogP) is 4.05. The Morgan fingerprint density at radius 1 is 1.12 bits per heavy atom. The number of Topliss-reactive ketones (excluding diaryl/α,β-unsaturated/α-hetero) is 1. The number of carbonyl (C=O) groups excluding carboxylic acids is 1. The van der Waals surface area contributed by atoms with Crippen molar-refractivity contribution in [3.05, 3.63) is 0 Å². The fraction of sp³-hybridized carbons (Fsp3) is 0.933. The molecule has 3 fully saturated rings. The Bertz CT molecular complexity index is 623. The highest BCUT2D eigenvalue weighted by atomic mass is 32.3. The van der Waals surface area contributed by atoms with Crippen LogP contribution in [-0.4, -0.2) is 36.0 Å². The van der Waals surface area contributed by atoms with Gasteiger partial charge in [-0.15, -0.1) is 10.3 Å². The van der Waals surface area contributed by atoms with Crippen LogP contribution in [0.4, 0.5) is 13.2 Å². The van der Waals surface area contributed by atoms with Crippen LogP contribution >= 0.6 is 10.3 Å². The van der Waals surface area contributed by atoms with Crippen molar-refractivity contribution in [2.45, 2.75) is 73.3 Å². The molecule has 0 aromatic carbocycles. The normalized spacial score (nSPS) is 38.1. The molecule has 3 rings (SSSR count). The van der Waals surface area contributed by atoms with Crippen molar-refractivity contribution in [2.75, 3.05) is 6.26 Å². The van der Waals surface area contributed by atoms with Gasteiger partial charge >= 0.3 is 15.6 Å². The molecule has 0 N–H and O–H groups in total. The summed E-state index contributed by atoms with van der Waals surface area (Å²) in [5.41, 5.74) is -5.45. The van der Waals surface area contributed by atoms with Gasteiger partial charge in [0, 0.05) is 11.2 Å². The van der Waals surface area contributed by atoms with Crippen LogP contribution in [0, 0.1) is 5.92 Å². The van der Waals surface area contributed by atoms with E-state index >= 15 is 0 Å². The van der Waals surface area contributed by atoms with Gasteiger partial charge in [-0.2, -0.15) is 21.6 Å². The smallest absolute Gasteiger partial charge is 0.298 e. The molecule has 0 aromatic heterocycles. The molecule has 4 nitrogen and oxygen atoms in total. The Kier molecular flexibility index (Phi) is 4.53. The molecule has 2 atom stereocenters. The van der Waals surface area contributed by atoms with E-state index in [1.165, 1.54) is 6.26 Å². The van der Waals surface area contributed by atoms with E-state index in [0.29, 0.717) is 44.4 Å². The molecule has 0 spiro atoms. The number of alkyl halides is 3. The molecule has 140 valence electrons. The fourth-order valence-electron chi connectivity index (χ4n) is 4.78. The van der Waals surface area contributed by atoms with Gasteiger partial charge in [-0.05, 0) is 57.1 Å². The van der Waals surface area contributed by atoms with Crippen LogP contribution in [0.5, 0.6) is 0 Å². The van der Waals surface area contributed by atoms with Crippen molar-refractivity contribution in [1.29, 1.82) is 0 Å². The van der Waals surface area contributed by atoms with Crippen LogP contribution in [0.15, 0.2) is 0 Å². The van der Waals surface area contributed by atoms with E-state index in [9.17, 15) is 26.4 Å². The molecular weight excluding hydrogens is 365 g/mol. The Hall–Kier alpha value is -0.280. The summed E-state index contributed by atoms with van der Waals surface area (Å²) in [6, 6.07) is 0. The third kappa shape index (κ3) is 2.80. The third-order valence-corrected chi connectivity index (χ3v) is 12.4. The maximum absolute atomic E-state index is 13.0. The van der Waals surface area contributed by atoms with Crippen LogP contribution < -0.4 is 0 Å². The molecular formula is C15H23F3O4S2. The van der Waals surface area contributed by atoms with Gasteiger partial charge < -0.3 is 0 Å². The number of halogens is 3. The van der Waals surface area contributed by atoms with Crippen LogP contribution in [-0.2, 0) is 18.5 Å². The van der Waals surface area contributed by atoms with E-state index in [0.717, 1.165) is 19.3 Å². The second kappa shape index (κ2) is 5.87. The zero-order valence-electron chi connectivity index (χ0n) is 13.6. The van der Waals surface area contributed by atoms with Gasteiger partial charge in [-0.1, -0.05) is 6.42 Å². The second-order valence-electron chi connectivity index (χ2n) is 7.40. The van der Waals surface area contributed by atoms with Gasteiger partial charge in [-0.3, -0.25) is 4.79 Å². The van der Waals surface area contributed by atoms with Crippen molar-refractivity contribution in [2.24, 2.45) is 5.92 Å². The molecule has 0 aromatic rings. The lowest BCUT2D eigenvalue weighted by Crippen LogP contribution is -2.45. The highest BCUT2D eigenvalue weighted by Gasteiger charge is 2.62. The van der Waals surface area contributed by atoms with Crippen LogP contribution in [0.2, 0.25) is 0 Å². The van der Waals surface area contributed by atoms with Gasteiger partial charge in [0.1, 0.15) is 5.78 Å². The Morgan fingerprint density at radius 2 is 1.75 bits per heavy atom. The fourth-order valence-corrected chi connectivity index (χ4v) is 11.0. The molecule has 0 radical (unpaired) electrons. The molecule has 2 unspecified atom stereocenters. The quantitative estimate of drug-likeness (QED) is 0.682. The first-order valence-corrected chi connectivity index (χ1v) is 11.8. The van der Waals surface area contributed by atoms with Crippen molar-refractivity contribution in [3.63, 3.8) is 0 Å². The third-order valence-electron chi connectivity index (χ3n) is 6.09. The summed E-state index contributed by atoms with van der Waals surface area (Å²) in [6.07, 6.45) is 7.51. The topological polar surface area (TPSA) is 60.4 Å². The summed E-state index contributed by atoms with van der Waals surface area (Å²) in [5.74, 6) is 0.300. The highest BCUT2D eigenvalue weighted by Crippen LogP contribution is 2.74. The Morgan fingerprint density at radius 3 is 2.21 bits per heavy atom. The lowest BCUT2D eigenvalue weighted by atomic mass is 9.99. The summed E-state index contributed by atoms with van der Waals surface area (Å²) in [5, 5.41) is -0.694. The summed E-state index contributed by atoms with van der Waals surface area (Å²) < 4.78 is 67.0. The lowest BCUT2D eigenvalue weighted by Gasteiger charge is -2.53. The number of carbonyl (C=O) groups is 1. The lowest BCUT2D eigenvalue weighted by molar-refractivity contribution is -0.119. The summed E-state index contributed by atoms with van der Waals surface area (Å²) in [6.45, 7) is 0. The molecule has 3 saturated carbocycles. The van der Waals surface area contributed by atoms with E-state index in [2.05, 4.69) is 0 Å². The molecule has 9 heteroatoms. The van der Waals surface area contributed by atoms with Crippen molar-refractivity contribution >= 4 is 26.2 Å². The minimum atomic E-state index is -5.71. The summed E-state index contributed by atoms with van der Waals surface area (Å²) in [4.78, 5) is 12.5. The summed E-state index contributed by atoms with van der Waals surface area (Å²) in [7, 11) is -8.45. The van der Waals surface area contributed by atoms with Crippen LogP contribution in [0.25, 0.3) is 0 Å². The highest BCUT2D eigenvalue weighted by molar-refractivity contribution is 8.34. The zero-order valence-corrected chi connectivity index (χ0v) is 15.2. The largest absolute Gasteiger partial charge is 0.523 e. The SMILES string of the molecule is CS(OS(=O)(=O)C(F)(F)F)(C1CCCCC1=O)C12CCC(CC1)C2. The monoisotopic (exact) mass is 388 g/mol. The molecule has 2 bridgehead atoms. The first kappa shape index (κ1) is 18.5.